The second kappa shape index (κ2) is 9.39. The Morgan fingerprint density at radius 3 is 2.38 bits per heavy atom. The van der Waals surface area contributed by atoms with Crippen molar-refractivity contribution in [1.29, 1.82) is 0 Å². The maximum absolute atomic E-state index is 13.7. The lowest BCUT2D eigenvalue weighted by molar-refractivity contribution is -0.384. The molecule has 3 rings (SSSR count). The minimum atomic E-state index is -4.19. The summed E-state index contributed by atoms with van der Waals surface area (Å²) in [7, 11) is -2.83. The van der Waals surface area contributed by atoms with E-state index in [1.54, 1.807) is 18.2 Å². The standard InChI is InChI=1S/C20H16F2N4O5S/c1-31-20-8-3-2-7-18(20)25-32(29,30)13-9-10-17(19(11-13)26(27)28)24-23-12-14-15(21)5-4-6-16(14)22/h2-12,24-25H,1H3/b23-12+. The van der Waals surface area contributed by atoms with Crippen LogP contribution in [0.1, 0.15) is 5.56 Å². The number of nitro benzene ring substituents is 1. The van der Waals surface area contributed by atoms with E-state index in [0.29, 0.717) is 0 Å². The lowest BCUT2D eigenvalue weighted by Gasteiger charge is -2.12. The van der Waals surface area contributed by atoms with Crippen LogP contribution in [0.3, 0.4) is 0 Å². The number of hydrogen-bond donors (Lipinski definition) is 2. The van der Waals surface area contributed by atoms with Crippen LogP contribution in [-0.4, -0.2) is 26.7 Å². The first-order chi connectivity index (χ1) is 15.2. The highest BCUT2D eigenvalue weighted by atomic mass is 32.2. The van der Waals surface area contributed by atoms with Gasteiger partial charge in [0.25, 0.3) is 15.7 Å². The molecule has 0 saturated carbocycles. The summed E-state index contributed by atoms with van der Waals surface area (Å²) in [5, 5.41) is 15.1. The molecule has 0 unspecified atom stereocenters. The summed E-state index contributed by atoms with van der Waals surface area (Å²) in [6.45, 7) is 0. The van der Waals surface area contributed by atoms with Gasteiger partial charge in [0.15, 0.2) is 0 Å². The topological polar surface area (TPSA) is 123 Å². The Kier molecular flexibility index (Phi) is 6.64. The van der Waals surface area contributed by atoms with E-state index >= 15 is 0 Å². The van der Waals surface area contributed by atoms with Crippen molar-refractivity contribution >= 4 is 33.3 Å². The van der Waals surface area contributed by atoms with E-state index < -0.39 is 37.8 Å². The van der Waals surface area contributed by atoms with E-state index in [2.05, 4.69) is 15.2 Å². The van der Waals surface area contributed by atoms with Crippen molar-refractivity contribution in [2.24, 2.45) is 5.10 Å². The van der Waals surface area contributed by atoms with Crippen LogP contribution in [0.25, 0.3) is 0 Å². The largest absolute Gasteiger partial charge is 0.495 e. The number of nitrogens with one attached hydrogen (secondary N) is 2. The summed E-state index contributed by atoms with van der Waals surface area (Å²) < 4.78 is 60.1. The zero-order valence-electron chi connectivity index (χ0n) is 16.5. The van der Waals surface area contributed by atoms with Gasteiger partial charge in [-0.3, -0.25) is 20.3 Å². The molecule has 0 atom stereocenters. The average Bonchev–Trinajstić information content (AvgIpc) is 2.75. The number of methoxy groups -OCH3 is 1. The normalized spacial score (nSPS) is 11.3. The second-order valence-corrected chi connectivity index (χ2v) is 7.93. The van der Waals surface area contributed by atoms with Gasteiger partial charge in [-0.1, -0.05) is 18.2 Å². The van der Waals surface area contributed by atoms with Crippen molar-refractivity contribution in [1.82, 2.24) is 0 Å². The Labute approximate surface area is 181 Å². The Hall–Kier alpha value is -4.06. The third-order valence-electron chi connectivity index (χ3n) is 4.21. The second-order valence-electron chi connectivity index (χ2n) is 6.25. The van der Waals surface area contributed by atoms with Crippen LogP contribution in [0, 0.1) is 21.7 Å². The molecule has 0 aliphatic rings. The molecule has 0 bridgehead atoms. The maximum atomic E-state index is 13.7. The molecule has 0 saturated heterocycles. The molecule has 0 aliphatic heterocycles. The van der Waals surface area contributed by atoms with Gasteiger partial charge in [0.05, 0.1) is 34.4 Å². The van der Waals surface area contributed by atoms with Crippen molar-refractivity contribution < 1.29 is 26.9 Å². The summed E-state index contributed by atoms with van der Waals surface area (Å²) in [6, 6.07) is 12.6. The van der Waals surface area contributed by atoms with Crippen LogP contribution in [0.4, 0.5) is 25.8 Å². The summed E-state index contributed by atoms with van der Waals surface area (Å²) in [5.74, 6) is -1.47. The molecular weight excluding hydrogens is 446 g/mol. The monoisotopic (exact) mass is 462 g/mol. The molecule has 166 valence electrons. The first kappa shape index (κ1) is 22.6. The Morgan fingerprint density at radius 2 is 1.72 bits per heavy atom. The van der Waals surface area contributed by atoms with E-state index in [4.69, 9.17) is 4.74 Å². The van der Waals surface area contributed by atoms with E-state index in [9.17, 15) is 27.3 Å². The van der Waals surface area contributed by atoms with Gasteiger partial charge in [-0.05, 0) is 36.4 Å². The highest BCUT2D eigenvalue weighted by molar-refractivity contribution is 7.92. The average molecular weight is 462 g/mol. The molecule has 0 heterocycles. The lowest BCUT2D eigenvalue weighted by atomic mass is 10.2. The molecular formula is C20H16F2N4O5S. The number of para-hydroxylation sites is 2. The van der Waals surface area contributed by atoms with Gasteiger partial charge < -0.3 is 4.74 Å². The minimum Gasteiger partial charge on any atom is -0.495 e. The molecule has 0 aromatic heterocycles. The van der Waals surface area contributed by atoms with Crippen LogP contribution >= 0.6 is 0 Å². The van der Waals surface area contributed by atoms with Gasteiger partial charge in [0.2, 0.25) is 0 Å². The molecule has 12 heteroatoms. The van der Waals surface area contributed by atoms with E-state index in [1.807, 2.05) is 0 Å². The van der Waals surface area contributed by atoms with Crippen LogP contribution in [0.15, 0.2) is 70.7 Å². The van der Waals surface area contributed by atoms with Crippen molar-refractivity contribution in [3.05, 3.63) is 88.0 Å². The van der Waals surface area contributed by atoms with Crippen LogP contribution < -0.4 is 14.9 Å². The number of nitro groups is 1. The molecule has 3 aromatic carbocycles. The van der Waals surface area contributed by atoms with Gasteiger partial charge in [0, 0.05) is 6.07 Å². The van der Waals surface area contributed by atoms with Gasteiger partial charge >= 0.3 is 0 Å². The van der Waals surface area contributed by atoms with Gasteiger partial charge in [0.1, 0.15) is 23.1 Å². The third kappa shape index (κ3) is 4.98. The fourth-order valence-corrected chi connectivity index (χ4v) is 3.75. The molecule has 0 spiro atoms. The molecule has 3 aromatic rings. The number of halogens is 2. The van der Waals surface area contributed by atoms with Gasteiger partial charge in [-0.15, -0.1) is 0 Å². The molecule has 0 radical (unpaired) electrons. The number of sulfonamides is 1. The van der Waals surface area contributed by atoms with E-state index in [-0.39, 0.29) is 22.0 Å². The van der Waals surface area contributed by atoms with E-state index in [1.165, 1.54) is 19.2 Å². The number of hydrazone groups is 1. The zero-order chi connectivity index (χ0) is 23.3. The lowest BCUT2D eigenvalue weighted by Crippen LogP contribution is -2.14. The smallest absolute Gasteiger partial charge is 0.295 e. The Balaban J connectivity index is 1.89. The Bertz CT molecular complexity index is 1280. The van der Waals surface area contributed by atoms with Gasteiger partial charge in [-0.2, -0.15) is 5.10 Å². The van der Waals surface area contributed by atoms with Gasteiger partial charge in [-0.25, -0.2) is 17.2 Å². The fourth-order valence-electron chi connectivity index (χ4n) is 2.66. The number of nitrogens with zero attached hydrogens (tertiary/aromatic N) is 2. The third-order valence-corrected chi connectivity index (χ3v) is 5.57. The molecule has 9 nitrogen and oxygen atoms in total. The predicted octanol–water partition coefficient (Wildman–Crippen LogP) is 4.13. The number of hydrogen-bond acceptors (Lipinski definition) is 7. The predicted molar refractivity (Wildman–Crippen MR) is 114 cm³/mol. The first-order valence-electron chi connectivity index (χ1n) is 8.90. The number of benzene rings is 3. The van der Waals surface area contributed by atoms with Crippen LogP contribution in [0.5, 0.6) is 5.75 Å². The quantitative estimate of drug-likeness (QED) is 0.295. The van der Waals surface area contributed by atoms with Crippen molar-refractivity contribution in [2.75, 3.05) is 17.3 Å². The number of anilines is 2. The minimum absolute atomic E-state index is 0.149. The SMILES string of the molecule is COc1ccccc1NS(=O)(=O)c1ccc(N/N=C/c2c(F)cccc2F)c([N+](=O)[O-])c1. The van der Waals surface area contributed by atoms with Crippen molar-refractivity contribution in [2.45, 2.75) is 4.90 Å². The summed E-state index contributed by atoms with van der Waals surface area (Å²) in [4.78, 5) is 10.3. The van der Waals surface area contributed by atoms with Crippen LogP contribution in [-0.2, 0) is 10.0 Å². The van der Waals surface area contributed by atoms with Crippen molar-refractivity contribution in [3.63, 3.8) is 0 Å². The molecule has 0 amide bonds. The highest BCUT2D eigenvalue weighted by Crippen LogP contribution is 2.30. The number of rotatable bonds is 8. The van der Waals surface area contributed by atoms with E-state index in [0.717, 1.165) is 36.5 Å². The molecule has 0 aliphatic carbocycles. The maximum Gasteiger partial charge on any atom is 0.295 e. The summed E-state index contributed by atoms with van der Waals surface area (Å²) >= 11 is 0. The highest BCUT2D eigenvalue weighted by Gasteiger charge is 2.22. The van der Waals surface area contributed by atoms with Crippen molar-refractivity contribution in [3.8, 4) is 5.75 Å². The van der Waals surface area contributed by atoms with Crippen LogP contribution in [0.2, 0.25) is 0 Å². The summed E-state index contributed by atoms with van der Waals surface area (Å²) in [5.41, 5.74) is 1.22. The molecule has 2 N–H and O–H groups in total. The fraction of sp³-hybridized carbons (Fsp3) is 0.0500. The molecule has 0 fully saturated rings. The number of ether oxygens (including phenoxy) is 1. The zero-order valence-corrected chi connectivity index (χ0v) is 17.3. The molecule has 32 heavy (non-hydrogen) atoms. The summed E-state index contributed by atoms with van der Waals surface area (Å²) in [6.07, 6.45) is 0.822. The Morgan fingerprint density at radius 1 is 1.03 bits per heavy atom. The first-order valence-corrected chi connectivity index (χ1v) is 10.4.